The first-order chi connectivity index (χ1) is 8.11. The molecule has 1 atom stereocenters. The lowest BCUT2D eigenvalue weighted by atomic mass is 10.2. The zero-order valence-electron chi connectivity index (χ0n) is 9.77. The molecule has 0 bridgehead atoms. The van der Waals surface area contributed by atoms with Gasteiger partial charge in [-0.05, 0) is 25.1 Å². The molecule has 1 aromatic rings. The van der Waals surface area contributed by atoms with Crippen molar-refractivity contribution >= 4 is 17.5 Å². The monoisotopic (exact) mass is 232 g/mol. The first kappa shape index (κ1) is 13.0. The van der Waals surface area contributed by atoms with E-state index >= 15 is 0 Å². The Bertz CT molecular complexity index is 401. The van der Waals surface area contributed by atoms with Crippen LogP contribution in [0.2, 0.25) is 0 Å². The van der Waals surface area contributed by atoms with Crippen molar-refractivity contribution in [2.75, 3.05) is 5.32 Å². The van der Waals surface area contributed by atoms with E-state index in [2.05, 4.69) is 17.2 Å². The van der Waals surface area contributed by atoms with E-state index < -0.39 is 0 Å². The van der Waals surface area contributed by atoms with Crippen molar-refractivity contribution in [3.8, 4) is 0 Å². The van der Waals surface area contributed by atoms with Crippen LogP contribution in [0.25, 0.3) is 0 Å². The van der Waals surface area contributed by atoms with Gasteiger partial charge >= 0.3 is 0 Å². The van der Waals surface area contributed by atoms with Crippen LogP contribution in [0.3, 0.4) is 0 Å². The number of carbonyl (C=O) groups excluding carboxylic acids is 2. The Hall–Kier alpha value is -2.10. The van der Waals surface area contributed by atoms with Crippen molar-refractivity contribution in [2.45, 2.75) is 19.4 Å². The third-order valence-corrected chi connectivity index (χ3v) is 2.12. The number of benzene rings is 1. The van der Waals surface area contributed by atoms with Crippen molar-refractivity contribution in [2.24, 2.45) is 0 Å². The highest BCUT2D eigenvalue weighted by atomic mass is 16.2. The molecule has 17 heavy (non-hydrogen) atoms. The molecular weight excluding hydrogens is 216 g/mol. The standard InChI is InChI=1S/C13H16N2O2/c1-3-12(16)14-10(2)9-13(17)15-11-7-5-4-6-8-11/h3-8,10H,1,9H2,2H3,(H,14,16)(H,15,17). The van der Waals surface area contributed by atoms with Crippen LogP contribution in [0.1, 0.15) is 13.3 Å². The number of nitrogens with one attached hydrogen (secondary N) is 2. The molecule has 0 aliphatic rings. The average Bonchev–Trinajstić information content (AvgIpc) is 2.29. The van der Waals surface area contributed by atoms with E-state index in [4.69, 9.17) is 0 Å². The van der Waals surface area contributed by atoms with Gasteiger partial charge in [-0.25, -0.2) is 0 Å². The van der Waals surface area contributed by atoms with E-state index in [1.807, 2.05) is 30.3 Å². The topological polar surface area (TPSA) is 58.2 Å². The SMILES string of the molecule is C=CC(=O)NC(C)CC(=O)Nc1ccccc1. The summed E-state index contributed by atoms with van der Waals surface area (Å²) in [5.41, 5.74) is 0.750. The predicted octanol–water partition coefficient (Wildman–Crippen LogP) is 1.71. The van der Waals surface area contributed by atoms with Gasteiger partial charge in [-0.1, -0.05) is 24.8 Å². The second-order valence-corrected chi connectivity index (χ2v) is 3.73. The average molecular weight is 232 g/mol. The lowest BCUT2D eigenvalue weighted by Gasteiger charge is -2.12. The van der Waals surface area contributed by atoms with E-state index in [0.29, 0.717) is 0 Å². The fourth-order valence-electron chi connectivity index (χ4n) is 1.36. The minimum Gasteiger partial charge on any atom is -0.350 e. The molecule has 1 rings (SSSR count). The first-order valence-corrected chi connectivity index (χ1v) is 5.39. The zero-order valence-corrected chi connectivity index (χ0v) is 9.77. The molecular formula is C13H16N2O2. The maximum absolute atomic E-state index is 11.6. The number of hydrogen-bond acceptors (Lipinski definition) is 2. The van der Waals surface area contributed by atoms with Gasteiger partial charge in [0, 0.05) is 18.2 Å². The Kier molecular flexibility index (Phi) is 4.94. The van der Waals surface area contributed by atoms with Gasteiger partial charge < -0.3 is 10.6 Å². The molecule has 0 heterocycles. The quantitative estimate of drug-likeness (QED) is 0.759. The van der Waals surface area contributed by atoms with E-state index in [-0.39, 0.29) is 24.3 Å². The van der Waals surface area contributed by atoms with Crippen molar-refractivity contribution in [1.82, 2.24) is 5.32 Å². The summed E-state index contributed by atoms with van der Waals surface area (Å²) < 4.78 is 0. The smallest absolute Gasteiger partial charge is 0.243 e. The molecule has 0 saturated carbocycles. The summed E-state index contributed by atoms with van der Waals surface area (Å²) in [5.74, 6) is -0.405. The fourth-order valence-corrected chi connectivity index (χ4v) is 1.36. The van der Waals surface area contributed by atoms with Crippen LogP contribution in [0.15, 0.2) is 43.0 Å². The lowest BCUT2D eigenvalue weighted by molar-refractivity contribution is -0.118. The lowest BCUT2D eigenvalue weighted by Crippen LogP contribution is -2.34. The predicted molar refractivity (Wildman–Crippen MR) is 67.5 cm³/mol. The summed E-state index contributed by atoms with van der Waals surface area (Å²) in [6.45, 7) is 5.12. The highest BCUT2D eigenvalue weighted by Gasteiger charge is 2.10. The van der Waals surface area contributed by atoms with Gasteiger partial charge in [0.1, 0.15) is 0 Å². The molecule has 0 saturated heterocycles. The zero-order chi connectivity index (χ0) is 12.7. The maximum atomic E-state index is 11.6. The van der Waals surface area contributed by atoms with Gasteiger partial charge in [-0.2, -0.15) is 0 Å². The van der Waals surface area contributed by atoms with E-state index in [1.165, 1.54) is 6.08 Å². The van der Waals surface area contributed by atoms with Gasteiger partial charge in [-0.15, -0.1) is 0 Å². The molecule has 1 unspecified atom stereocenters. The number of para-hydroxylation sites is 1. The molecule has 90 valence electrons. The summed E-state index contributed by atoms with van der Waals surface area (Å²) in [6, 6.07) is 8.97. The Balaban J connectivity index is 2.39. The molecule has 0 aromatic heterocycles. The molecule has 0 spiro atoms. The van der Waals surface area contributed by atoms with Gasteiger partial charge in [0.05, 0.1) is 0 Å². The van der Waals surface area contributed by atoms with Crippen LogP contribution < -0.4 is 10.6 Å². The normalized spacial score (nSPS) is 11.4. The van der Waals surface area contributed by atoms with Crippen molar-refractivity contribution in [1.29, 1.82) is 0 Å². The second-order valence-electron chi connectivity index (χ2n) is 3.73. The Morgan fingerprint density at radius 2 is 2.00 bits per heavy atom. The Morgan fingerprint density at radius 1 is 1.35 bits per heavy atom. The number of amides is 2. The second kappa shape index (κ2) is 6.48. The van der Waals surface area contributed by atoms with Gasteiger partial charge in [0.25, 0.3) is 0 Å². The van der Waals surface area contributed by atoms with E-state index in [1.54, 1.807) is 6.92 Å². The molecule has 4 heteroatoms. The van der Waals surface area contributed by atoms with Crippen LogP contribution in [-0.2, 0) is 9.59 Å². The highest BCUT2D eigenvalue weighted by molar-refractivity contribution is 5.92. The summed E-state index contributed by atoms with van der Waals surface area (Å²) >= 11 is 0. The largest absolute Gasteiger partial charge is 0.350 e. The van der Waals surface area contributed by atoms with Crippen molar-refractivity contribution < 1.29 is 9.59 Å². The Labute approximate surface area is 101 Å². The number of rotatable bonds is 5. The first-order valence-electron chi connectivity index (χ1n) is 5.39. The van der Waals surface area contributed by atoms with Crippen LogP contribution in [0.5, 0.6) is 0 Å². The third-order valence-electron chi connectivity index (χ3n) is 2.12. The minimum absolute atomic E-state index is 0.131. The van der Waals surface area contributed by atoms with Crippen molar-refractivity contribution in [3.05, 3.63) is 43.0 Å². The molecule has 4 nitrogen and oxygen atoms in total. The third kappa shape index (κ3) is 4.97. The summed E-state index contributed by atoms with van der Waals surface area (Å²) in [6.07, 6.45) is 1.42. The highest BCUT2D eigenvalue weighted by Crippen LogP contribution is 2.06. The molecule has 0 aliphatic carbocycles. The number of hydrogen-bond donors (Lipinski definition) is 2. The van der Waals surface area contributed by atoms with Gasteiger partial charge in [0.2, 0.25) is 11.8 Å². The number of carbonyl (C=O) groups is 2. The Morgan fingerprint density at radius 3 is 2.59 bits per heavy atom. The van der Waals surface area contributed by atoms with Crippen LogP contribution >= 0.6 is 0 Å². The van der Waals surface area contributed by atoms with E-state index in [9.17, 15) is 9.59 Å². The molecule has 1 aromatic carbocycles. The number of anilines is 1. The minimum atomic E-state index is -0.273. The van der Waals surface area contributed by atoms with E-state index in [0.717, 1.165) is 5.69 Å². The van der Waals surface area contributed by atoms with Crippen LogP contribution in [0, 0.1) is 0 Å². The van der Waals surface area contributed by atoms with Crippen molar-refractivity contribution in [3.63, 3.8) is 0 Å². The molecule has 0 fully saturated rings. The molecule has 0 radical (unpaired) electrons. The molecule has 0 aliphatic heterocycles. The fraction of sp³-hybridized carbons (Fsp3) is 0.231. The summed E-state index contributed by atoms with van der Waals surface area (Å²) in [7, 11) is 0. The van der Waals surface area contributed by atoms with Crippen LogP contribution in [-0.4, -0.2) is 17.9 Å². The molecule has 2 N–H and O–H groups in total. The summed E-state index contributed by atoms with van der Waals surface area (Å²) in [4.78, 5) is 22.6. The maximum Gasteiger partial charge on any atom is 0.243 e. The van der Waals surface area contributed by atoms with Gasteiger partial charge in [-0.3, -0.25) is 9.59 Å². The van der Waals surface area contributed by atoms with Gasteiger partial charge in [0.15, 0.2) is 0 Å². The summed E-state index contributed by atoms with van der Waals surface area (Å²) in [5, 5.41) is 5.38. The molecule has 2 amide bonds. The van der Waals surface area contributed by atoms with Crippen LogP contribution in [0.4, 0.5) is 5.69 Å².